The molecular formula is C11H13N3O4. The molecule has 0 fully saturated rings. The minimum absolute atomic E-state index is 0.0246. The van der Waals surface area contributed by atoms with E-state index in [0.717, 1.165) is 0 Å². The van der Waals surface area contributed by atoms with Crippen LogP contribution in [0.25, 0.3) is 0 Å². The fourth-order valence-electron chi connectivity index (χ4n) is 1.18. The summed E-state index contributed by atoms with van der Waals surface area (Å²) in [6, 6.07) is 0. The number of ether oxygens (including phenoxy) is 2. The van der Waals surface area contributed by atoms with Crippen molar-refractivity contribution in [2.24, 2.45) is 7.05 Å². The summed E-state index contributed by atoms with van der Waals surface area (Å²) < 4.78 is 11.0. The molecule has 0 aromatic carbocycles. The number of nitrogens with one attached hydrogen (secondary N) is 1. The number of aromatic nitrogens is 2. The quantitative estimate of drug-likeness (QED) is 0.554. The first kappa shape index (κ1) is 13.6. The molecule has 1 rings (SSSR count). The average Bonchev–Trinajstić information content (AvgIpc) is 2.74. The Kier molecular flexibility index (Phi) is 4.75. The summed E-state index contributed by atoms with van der Waals surface area (Å²) in [4.78, 5) is 22.7. The van der Waals surface area contributed by atoms with Gasteiger partial charge in [-0.1, -0.05) is 5.92 Å². The molecule has 0 aliphatic carbocycles. The van der Waals surface area contributed by atoms with E-state index in [-0.39, 0.29) is 24.6 Å². The lowest BCUT2D eigenvalue weighted by Gasteiger charge is -2.06. The molecule has 1 aromatic rings. The molecule has 0 saturated heterocycles. The predicted molar refractivity (Wildman–Crippen MR) is 61.9 cm³/mol. The minimum Gasteiger partial charge on any atom is -0.468 e. The van der Waals surface area contributed by atoms with Gasteiger partial charge in [-0.05, 0) is 0 Å². The van der Waals surface area contributed by atoms with Gasteiger partial charge in [0, 0.05) is 7.05 Å². The first-order chi connectivity index (χ1) is 8.60. The van der Waals surface area contributed by atoms with Crippen LogP contribution in [0.3, 0.4) is 0 Å². The summed E-state index contributed by atoms with van der Waals surface area (Å²) in [5.74, 6) is 1.51. The second-order valence-electron chi connectivity index (χ2n) is 3.24. The summed E-state index contributed by atoms with van der Waals surface area (Å²) in [5, 5.41) is 6.27. The molecule has 1 heterocycles. The van der Waals surface area contributed by atoms with E-state index in [4.69, 9.17) is 11.2 Å². The molecule has 1 N–H and O–H groups in total. The molecule has 0 aliphatic heterocycles. The topological polar surface area (TPSA) is 82.4 Å². The summed E-state index contributed by atoms with van der Waals surface area (Å²) in [6.45, 7) is -0.199. The van der Waals surface area contributed by atoms with Crippen molar-refractivity contribution >= 4 is 11.9 Å². The minimum atomic E-state index is -0.543. The monoisotopic (exact) mass is 251 g/mol. The van der Waals surface area contributed by atoms with Crippen molar-refractivity contribution in [2.45, 2.75) is 0 Å². The van der Waals surface area contributed by atoms with E-state index in [1.54, 1.807) is 7.05 Å². The number of terminal acetylenes is 1. The average molecular weight is 251 g/mol. The van der Waals surface area contributed by atoms with Gasteiger partial charge in [-0.25, -0.2) is 4.68 Å². The molecule has 0 unspecified atom stereocenters. The summed E-state index contributed by atoms with van der Waals surface area (Å²) in [6.07, 6.45) is 6.40. The zero-order chi connectivity index (χ0) is 13.5. The van der Waals surface area contributed by atoms with Crippen molar-refractivity contribution in [2.75, 3.05) is 20.3 Å². The zero-order valence-corrected chi connectivity index (χ0v) is 10.1. The summed E-state index contributed by atoms with van der Waals surface area (Å²) in [5.41, 5.74) is 0.205. The van der Waals surface area contributed by atoms with Crippen LogP contribution in [0.1, 0.15) is 10.4 Å². The zero-order valence-electron chi connectivity index (χ0n) is 10.1. The van der Waals surface area contributed by atoms with E-state index in [9.17, 15) is 9.59 Å². The maximum absolute atomic E-state index is 11.8. The highest BCUT2D eigenvalue weighted by molar-refractivity contribution is 5.97. The van der Waals surface area contributed by atoms with Crippen molar-refractivity contribution in [1.82, 2.24) is 15.1 Å². The van der Waals surface area contributed by atoms with Crippen LogP contribution in [0.2, 0.25) is 0 Å². The van der Waals surface area contributed by atoms with Crippen LogP contribution in [0, 0.1) is 12.3 Å². The van der Waals surface area contributed by atoms with Crippen LogP contribution < -0.4 is 10.1 Å². The van der Waals surface area contributed by atoms with E-state index < -0.39 is 11.9 Å². The van der Waals surface area contributed by atoms with Gasteiger partial charge in [0.15, 0.2) is 6.61 Å². The first-order valence-corrected chi connectivity index (χ1v) is 5.03. The van der Waals surface area contributed by atoms with Crippen molar-refractivity contribution < 1.29 is 19.1 Å². The molecule has 0 spiro atoms. The van der Waals surface area contributed by atoms with Crippen molar-refractivity contribution in [3.05, 3.63) is 11.8 Å². The second-order valence-corrected chi connectivity index (χ2v) is 3.24. The lowest BCUT2D eigenvalue weighted by molar-refractivity contribution is -0.139. The number of carbonyl (C=O) groups is 2. The number of hydrogen-bond acceptors (Lipinski definition) is 5. The highest BCUT2D eigenvalue weighted by Gasteiger charge is 2.18. The third-order valence-corrected chi connectivity index (χ3v) is 2.04. The van der Waals surface area contributed by atoms with Gasteiger partial charge in [0.25, 0.3) is 5.91 Å². The maximum atomic E-state index is 11.8. The predicted octanol–water partition coefficient (Wildman–Crippen LogP) is -0.665. The van der Waals surface area contributed by atoms with Gasteiger partial charge in [-0.3, -0.25) is 9.59 Å². The van der Waals surface area contributed by atoms with Crippen LogP contribution in [0.4, 0.5) is 0 Å². The molecule has 96 valence electrons. The van der Waals surface area contributed by atoms with Crippen LogP contribution in [0.5, 0.6) is 5.88 Å². The Morgan fingerprint density at radius 3 is 2.94 bits per heavy atom. The van der Waals surface area contributed by atoms with E-state index in [1.165, 1.54) is 18.0 Å². The number of aryl methyl sites for hydroxylation is 1. The highest BCUT2D eigenvalue weighted by Crippen LogP contribution is 2.16. The normalized spacial score (nSPS) is 9.39. The molecule has 0 radical (unpaired) electrons. The Morgan fingerprint density at radius 1 is 1.61 bits per heavy atom. The molecule has 18 heavy (non-hydrogen) atoms. The Morgan fingerprint density at radius 2 is 2.33 bits per heavy atom. The van der Waals surface area contributed by atoms with Crippen molar-refractivity contribution in [3.63, 3.8) is 0 Å². The lowest BCUT2D eigenvalue weighted by Crippen LogP contribution is -2.30. The van der Waals surface area contributed by atoms with Crippen molar-refractivity contribution in [3.8, 4) is 18.2 Å². The first-order valence-electron chi connectivity index (χ1n) is 5.03. The van der Waals surface area contributed by atoms with Gasteiger partial charge in [0.05, 0.1) is 13.3 Å². The number of esters is 1. The van der Waals surface area contributed by atoms with Crippen LogP contribution in [-0.2, 0) is 16.6 Å². The summed E-state index contributed by atoms with van der Waals surface area (Å²) in [7, 11) is 2.85. The molecule has 1 aromatic heterocycles. The number of amides is 1. The highest BCUT2D eigenvalue weighted by atomic mass is 16.5. The largest absolute Gasteiger partial charge is 0.468 e. The number of methoxy groups -OCH3 is 1. The van der Waals surface area contributed by atoms with E-state index in [2.05, 4.69) is 21.1 Å². The standard InChI is InChI=1S/C11H13N3O4/c1-4-5-18-11-8(6-13-14(11)2)10(16)12-7-9(15)17-3/h1,6H,5,7H2,2-3H3,(H,12,16). The fraction of sp³-hybridized carbons (Fsp3) is 0.364. The maximum Gasteiger partial charge on any atom is 0.325 e. The van der Waals surface area contributed by atoms with Gasteiger partial charge >= 0.3 is 5.97 Å². The Hall–Kier alpha value is -2.49. The Labute approximate surface area is 104 Å². The smallest absolute Gasteiger partial charge is 0.325 e. The summed E-state index contributed by atoms with van der Waals surface area (Å²) >= 11 is 0. The number of nitrogens with zero attached hydrogens (tertiary/aromatic N) is 2. The van der Waals surface area contributed by atoms with Gasteiger partial charge in [0.2, 0.25) is 5.88 Å². The fourth-order valence-corrected chi connectivity index (χ4v) is 1.18. The van der Waals surface area contributed by atoms with Crippen molar-refractivity contribution in [1.29, 1.82) is 0 Å². The molecule has 0 bridgehead atoms. The number of hydrogen-bond donors (Lipinski definition) is 1. The van der Waals surface area contributed by atoms with Gasteiger partial charge in [-0.2, -0.15) is 5.10 Å². The number of carbonyl (C=O) groups excluding carboxylic acids is 2. The third-order valence-electron chi connectivity index (χ3n) is 2.04. The van der Waals surface area contributed by atoms with E-state index >= 15 is 0 Å². The molecule has 7 nitrogen and oxygen atoms in total. The van der Waals surface area contributed by atoms with Crippen LogP contribution in [0.15, 0.2) is 6.20 Å². The third kappa shape index (κ3) is 3.25. The molecule has 1 amide bonds. The molecule has 7 heteroatoms. The van der Waals surface area contributed by atoms with E-state index in [1.807, 2.05) is 0 Å². The molecular weight excluding hydrogens is 238 g/mol. The SMILES string of the molecule is C#CCOc1c(C(=O)NCC(=O)OC)cnn1C. The van der Waals surface area contributed by atoms with Crippen LogP contribution >= 0.6 is 0 Å². The lowest BCUT2D eigenvalue weighted by atomic mass is 10.3. The van der Waals surface area contributed by atoms with Gasteiger partial charge < -0.3 is 14.8 Å². The van der Waals surface area contributed by atoms with E-state index in [0.29, 0.717) is 0 Å². The van der Waals surface area contributed by atoms with Gasteiger partial charge in [-0.15, -0.1) is 6.42 Å². The Bertz CT molecular complexity index is 487. The second kappa shape index (κ2) is 6.30. The molecule has 0 aliphatic rings. The Balaban J connectivity index is 2.73. The van der Waals surface area contributed by atoms with Gasteiger partial charge in [0.1, 0.15) is 12.1 Å². The number of rotatable bonds is 5. The molecule has 0 atom stereocenters. The molecule has 0 saturated carbocycles. The van der Waals surface area contributed by atoms with Crippen LogP contribution in [-0.4, -0.2) is 41.9 Å².